The van der Waals surface area contributed by atoms with E-state index in [9.17, 15) is 9.90 Å². The van der Waals surface area contributed by atoms with E-state index in [2.05, 4.69) is 15.3 Å². The fourth-order valence-corrected chi connectivity index (χ4v) is 3.74. The van der Waals surface area contributed by atoms with Crippen molar-refractivity contribution >= 4 is 17.6 Å². The fraction of sp³-hybridized carbons (Fsp3) is 0.346. The smallest absolute Gasteiger partial charge is 0.321 e. The maximum atomic E-state index is 11.6. The number of ether oxygens (including phenoxy) is 1. The molecule has 0 aliphatic rings. The van der Waals surface area contributed by atoms with Crippen molar-refractivity contribution < 1.29 is 14.6 Å². The average Bonchev–Trinajstić information content (AvgIpc) is 2.84. The highest BCUT2D eigenvalue weighted by Gasteiger charge is 2.27. The van der Waals surface area contributed by atoms with Gasteiger partial charge in [0.1, 0.15) is 11.8 Å². The second kappa shape index (κ2) is 11.4. The number of nitrogens with zero attached hydrogens (tertiary/aromatic N) is 3. The predicted octanol–water partition coefficient (Wildman–Crippen LogP) is 4.87. The van der Waals surface area contributed by atoms with Gasteiger partial charge in [0, 0.05) is 30.2 Å². The number of hydrogen-bond donors (Lipinski definition) is 2. The zero-order valence-corrected chi connectivity index (χ0v) is 19.7. The number of likely N-dealkylation sites (N-methyl/N-ethyl adjacent to an activating group) is 1. The second-order valence-corrected chi connectivity index (χ2v) is 8.24. The molecule has 3 aromatic rings. The lowest BCUT2D eigenvalue weighted by atomic mass is 9.97. The molecule has 0 aliphatic heterocycles. The fourth-order valence-electron chi connectivity index (χ4n) is 3.74. The van der Waals surface area contributed by atoms with Crippen LogP contribution in [0.2, 0.25) is 0 Å². The van der Waals surface area contributed by atoms with Crippen molar-refractivity contribution in [3.63, 3.8) is 0 Å². The van der Waals surface area contributed by atoms with E-state index < -0.39 is 12.0 Å². The highest BCUT2D eigenvalue weighted by molar-refractivity contribution is 5.73. The first-order chi connectivity index (χ1) is 15.9. The largest absolute Gasteiger partial charge is 0.497 e. The Balaban J connectivity index is 1.56. The van der Waals surface area contributed by atoms with Crippen molar-refractivity contribution in [3.05, 3.63) is 66.5 Å². The van der Waals surface area contributed by atoms with Gasteiger partial charge in [-0.1, -0.05) is 44.5 Å². The van der Waals surface area contributed by atoms with Gasteiger partial charge in [-0.05, 0) is 54.8 Å². The van der Waals surface area contributed by atoms with Crippen molar-refractivity contribution in [1.82, 2.24) is 14.9 Å². The average molecular weight is 449 g/mol. The molecular weight excluding hydrogens is 416 g/mol. The van der Waals surface area contributed by atoms with Gasteiger partial charge in [-0.25, -0.2) is 9.97 Å². The molecule has 0 spiro atoms. The Kier molecular flexibility index (Phi) is 8.38. The van der Waals surface area contributed by atoms with E-state index in [0.29, 0.717) is 12.5 Å². The zero-order chi connectivity index (χ0) is 23.8. The van der Waals surface area contributed by atoms with Crippen molar-refractivity contribution in [2.24, 2.45) is 5.92 Å². The van der Waals surface area contributed by atoms with Gasteiger partial charge in [-0.3, -0.25) is 9.69 Å². The van der Waals surface area contributed by atoms with Crippen molar-refractivity contribution in [2.45, 2.75) is 32.7 Å². The summed E-state index contributed by atoms with van der Waals surface area (Å²) in [4.78, 5) is 22.4. The van der Waals surface area contributed by atoms with Gasteiger partial charge in [0.25, 0.3) is 0 Å². The van der Waals surface area contributed by atoms with Crippen LogP contribution in [0.1, 0.15) is 25.8 Å². The summed E-state index contributed by atoms with van der Waals surface area (Å²) >= 11 is 0. The van der Waals surface area contributed by atoms with Gasteiger partial charge < -0.3 is 15.2 Å². The molecule has 174 valence electrons. The number of anilines is 2. The van der Waals surface area contributed by atoms with Gasteiger partial charge in [0.15, 0.2) is 0 Å². The summed E-state index contributed by atoms with van der Waals surface area (Å²) in [5, 5.41) is 12.8. The van der Waals surface area contributed by atoms with E-state index in [1.165, 1.54) is 0 Å². The number of rotatable bonds is 11. The van der Waals surface area contributed by atoms with Crippen LogP contribution in [-0.4, -0.2) is 52.7 Å². The van der Waals surface area contributed by atoms with Crippen LogP contribution in [0, 0.1) is 5.92 Å². The van der Waals surface area contributed by atoms with E-state index in [0.717, 1.165) is 41.0 Å². The number of methoxy groups -OCH3 is 1. The Morgan fingerprint density at radius 3 is 2.24 bits per heavy atom. The van der Waals surface area contributed by atoms with Crippen LogP contribution >= 0.6 is 0 Å². The molecule has 0 aliphatic carbocycles. The molecule has 2 atom stereocenters. The molecule has 0 unspecified atom stereocenters. The first-order valence-corrected chi connectivity index (χ1v) is 11.2. The molecule has 0 saturated carbocycles. The Hall–Kier alpha value is -3.45. The summed E-state index contributed by atoms with van der Waals surface area (Å²) < 4.78 is 5.19. The number of nitrogens with one attached hydrogen (secondary N) is 1. The Morgan fingerprint density at radius 2 is 1.70 bits per heavy atom. The number of hydrogen-bond acceptors (Lipinski definition) is 6. The minimum Gasteiger partial charge on any atom is -0.497 e. The van der Waals surface area contributed by atoms with Crippen LogP contribution in [0.4, 0.5) is 11.6 Å². The topological polar surface area (TPSA) is 87.6 Å². The Labute approximate surface area is 195 Å². The predicted molar refractivity (Wildman–Crippen MR) is 131 cm³/mol. The maximum Gasteiger partial charge on any atom is 0.321 e. The molecular formula is C26H32N4O3. The van der Waals surface area contributed by atoms with Crippen LogP contribution in [0.25, 0.3) is 11.1 Å². The normalized spacial score (nSPS) is 12.9. The number of carboxylic acids is 1. The van der Waals surface area contributed by atoms with E-state index in [1.807, 2.05) is 74.3 Å². The van der Waals surface area contributed by atoms with Crippen LogP contribution in [0.3, 0.4) is 0 Å². The second-order valence-electron chi connectivity index (χ2n) is 8.24. The summed E-state index contributed by atoms with van der Waals surface area (Å²) in [7, 11) is 3.53. The summed E-state index contributed by atoms with van der Waals surface area (Å²) in [6, 6.07) is 15.4. The number of benzene rings is 2. The first-order valence-electron chi connectivity index (χ1n) is 11.2. The zero-order valence-electron chi connectivity index (χ0n) is 19.7. The molecule has 0 radical (unpaired) electrons. The molecule has 3 rings (SSSR count). The van der Waals surface area contributed by atoms with Gasteiger partial charge >= 0.3 is 5.97 Å². The first kappa shape index (κ1) is 24.2. The molecule has 0 fully saturated rings. The number of carboxylic acid groups (broad SMARTS) is 1. The molecule has 2 aromatic carbocycles. The molecule has 7 nitrogen and oxygen atoms in total. The lowest BCUT2D eigenvalue weighted by Gasteiger charge is -2.29. The SMILES string of the molecule is CC[C@@H](C)[C@@H](C(=O)O)N(C)CCc1ccc(Nc2ncc(-c3ccc(OC)cc3)cn2)cc1. The number of aromatic nitrogens is 2. The van der Waals surface area contributed by atoms with E-state index >= 15 is 0 Å². The molecule has 0 bridgehead atoms. The van der Waals surface area contributed by atoms with E-state index in [4.69, 9.17) is 4.74 Å². The van der Waals surface area contributed by atoms with E-state index in [-0.39, 0.29) is 5.92 Å². The van der Waals surface area contributed by atoms with Gasteiger partial charge in [0.2, 0.25) is 5.95 Å². The van der Waals surface area contributed by atoms with Crippen LogP contribution in [-0.2, 0) is 11.2 Å². The van der Waals surface area contributed by atoms with Crippen LogP contribution in [0.15, 0.2) is 60.9 Å². The molecule has 7 heteroatoms. The van der Waals surface area contributed by atoms with Crippen molar-refractivity contribution in [2.75, 3.05) is 26.0 Å². The van der Waals surface area contributed by atoms with Gasteiger partial charge in [-0.2, -0.15) is 0 Å². The molecule has 1 aromatic heterocycles. The summed E-state index contributed by atoms with van der Waals surface area (Å²) in [5.74, 6) is 0.683. The Bertz CT molecular complexity index is 1020. The standard InChI is InChI=1S/C26H32N4O3/c1-5-18(2)24(25(31)32)30(3)15-14-19-6-10-22(11-7-19)29-26-27-16-21(17-28-26)20-8-12-23(33-4)13-9-20/h6-13,16-18,24H,5,14-15H2,1-4H3,(H,31,32)(H,27,28,29)/t18-,24+/m1/s1. The van der Waals surface area contributed by atoms with Crippen LogP contribution < -0.4 is 10.1 Å². The minimum absolute atomic E-state index is 0.107. The summed E-state index contributed by atoms with van der Waals surface area (Å²) in [6.45, 7) is 4.70. The number of aliphatic carboxylic acids is 1. The third-order valence-corrected chi connectivity index (χ3v) is 5.95. The molecule has 2 N–H and O–H groups in total. The third kappa shape index (κ3) is 6.52. The monoisotopic (exact) mass is 448 g/mol. The lowest BCUT2D eigenvalue weighted by Crippen LogP contribution is -2.43. The third-order valence-electron chi connectivity index (χ3n) is 5.95. The highest BCUT2D eigenvalue weighted by Crippen LogP contribution is 2.22. The molecule has 0 saturated heterocycles. The maximum absolute atomic E-state index is 11.6. The Morgan fingerprint density at radius 1 is 1.06 bits per heavy atom. The van der Waals surface area contributed by atoms with Crippen molar-refractivity contribution in [3.8, 4) is 16.9 Å². The lowest BCUT2D eigenvalue weighted by molar-refractivity contribution is -0.144. The summed E-state index contributed by atoms with van der Waals surface area (Å²) in [6.07, 6.45) is 5.20. The van der Waals surface area contributed by atoms with Gasteiger partial charge in [-0.15, -0.1) is 0 Å². The molecule has 0 amide bonds. The molecule has 1 heterocycles. The quantitative estimate of drug-likeness (QED) is 0.433. The van der Waals surface area contributed by atoms with E-state index in [1.54, 1.807) is 19.5 Å². The van der Waals surface area contributed by atoms with Gasteiger partial charge in [0.05, 0.1) is 7.11 Å². The number of carbonyl (C=O) groups is 1. The van der Waals surface area contributed by atoms with Crippen LogP contribution in [0.5, 0.6) is 5.75 Å². The molecule has 33 heavy (non-hydrogen) atoms. The highest BCUT2D eigenvalue weighted by atomic mass is 16.5. The minimum atomic E-state index is -0.760. The summed E-state index contributed by atoms with van der Waals surface area (Å²) in [5.41, 5.74) is 4.00. The van der Waals surface area contributed by atoms with Crippen molar-refractivity contribution in [1.29, 1.82) is 0 Å².